The van der Waals surface area contributed by atoms with Crippen molar-refractivity contribution in [3.63, 3.8) is 0 Å². The molecule has 0 atom stereocenters. The summed E-state index contributed by atoms with van der Waals surface area (Å²) >= 11 is 0. The molecule has 0 aromatic rings. The van der Waals surface area contributed by atoms with Gasteiger partial charge in [-0.15, -0.1) is 0 Å². The first kappa shape index (κ1) is 56.2. The van der Waals surface area contributed by atoms with Crippen molar-refractivity contribution in [3.05, 3.63) is 0 Å². The fourth-order valence-corrected chi connectivity index (χ4v) is 5.44. The van der Waals surface area contributed by atoms with E-state index in [9.17, 15) is 14.4 Å². The van der Waals surface area contributed by atoms with E-state index in [1.54, 1.807) is 0 Å². The van der Waals surface area contributed by atoms with Crippen LogP contribution in [0.4, 0.5) is 0 Å². The number of Topliss-reactive ketones (excluding diaryl/α,β-unsaturated/α-hetero) is 1. The van der Waals surface area contributed by atoms with Gasteiger partial charge in [-0.2, -0.15) is 0 Å². The summed E-state index contributed by atoms with van der Waals surface area (Å²) in [5.74, 6) is -3.23. The molecule has 0 radical (unpaired) electrons. The molecule has 0 aliphatic rings. The Bertz CT molecular complexity index is 864. The molecule has 0 amide bonds. The summed E-state index contributed by atoms with van der Waals surface area (Å²) in [6, 6.07) is 0. The van der Waals surface area contributed by atoms with E-state index in [2.05, 4.69) is 6.92 Å². The predicted octanol–water partition coefficient (Wildman–Crippen LogP) is 6.39. The zero-order valence-corrected chi connectivity index (χ0v) is 36.2. The lowest BCUT2D eigenvalue weighted by Gasteiger charge is -2.09. The lowest BCUT2D eigenvalue weighted by atomic mass is 10.0. The highest BCUT2D eigenvalue weighted by Gasteiger charge is 2.14. The first-order valence-electron chi connectivity index (χ1n) is 22.3. The zero-order chi connectivity index (χ0) is 42.1. The second kappa shape index (κ2) is 49.6. The Labute approximate surface area is 350 Å². The predicted molar refractivity (Wildman–Crippen MR) is 221 cm³/mol. The van der Waals surface area contributed by atoms with Crippen molar-refractivity contribution in [1.29, 1.82) is 0 Å². The molecular formula is C43H82O15. The van der Waals surface area contributed by atoms with E-state index in [0.717, 1.165) is 13.0 Å². The number of carboxylic acid groups (broad SMARTS) is 1. The van der Waals surface area contributed by atoms with Gasteiger partial charge in [0, 0.05) is 13.0 Å². The average Bonchev–Trinajstić information content (AvgIpc) is 3.22. The number of ether oxygens (including phenoxy) is 11. The van der Waals surface area contributed by atoms with Crippen LogP contribution in [0.2, 0.25) is 0 Å². The van der Waals surface area contributed by atoms with Crippen molar-refractivity contribution in [2.45, 2.75) is 122 Å². The number of carbonyl (C=O) groups excluding carboxylic acids is 2. The third-order valence-electron chi connectivity index (χ3n) is 8.78. The maximum absolute atomic E-state index is 11.4. The van der Waals surface area contributed by atoms with E-state index in [1.165, 1.54) is 96.3 Å². The highest BCUT2D eigenvalue weighted by Crippen LogP contribution is 2.13. The first-order chi connectivity index (χ1) is 28.6. The topological polar surface area (TPSA) is 173 Å². The van der Waals surface area contributed by atoms with Crippen molar-refractivity contribution in [1.82, 2.24) is 0 Å². The van der Waals surface area contributed by atoms with Gasteiger partial charge in [0.25, 0.3) is 0 Å². The van der Waals surface area contributed by atoms with Crippen LogP contribution in [0.5, 0.6) is 0 Å². The molecule has 58 heavy (non-hydrogen) atoms. The van der Waals surface area contributed by atoms with Gasteiger partial charge in [-0.1, -0.05) is 103 Å². The second-order valence-electron chi connectivity index (χ2n) is 13.9. The molecule has 0 heterocycles. The van der Waals surface area contributed by atoms with Gasteiger partial charge < -0.3 is 57.2 Å². The van der Waals surface area contributed by atoms with E-state index < -0.39 is 17.7 Å². The van der Waals surface area contributed by atoms with Crippen LogP contribution in [0.3, 0.4) is 0 Å². The monoisotopic (exact) mass is 839 g/mol. The van der Waals surface area contributed by atoms with Gasteiger partial charge >= 0.3 is 11.9 Å². The van der Waals surface area contributed by atoms with Crippen LogP contribution >= 0.6 is 0 Å². The van der Waals surface area contributed by atoms with Crippen molar-refractivity contribution < 1.29 is 71.6 Å². The number of hydrogen-bond donors (Lipinski definition) is 1. The Hall–Kier alpha value is -1.79. The lowest BCUT2D eigenvalue weighted by molar-refractivity contribution is -0.151. The van der Waals surface area contributed by atoms with Gasteiger partial charge in [-0.05, 0) is 6.42 Å². The SMILES string of the molecule is CCCCCCCCCCCCCCCCCCOCCOCCOCCOCCOCCOCCOCCOCCOCCOCCOC(=O)CCC(=O)C(=O)O. The Morgan fingerprint density at radius 3 is 0.828 bits per heavy atom. The molecule has 15 heteroatoms. The highest BCUT2D eigenvalue weighted by atomic mass is 16.6. The van der Waals surface area contributed by atoms with Crippen LogP contribution in [0.25, 0.3) is 0 Å². The molecule has 1 N–H and O–H groups in total. The molecule has 0 unspecified atom stereocenters. The molecule has 0 fully saturated rings. The summed E-state index contributed by atoms with van der Waals surface area (Å²) in [6.07, 6.45) is 21.4. The third kappa shape index (κ3) is 48.6. The van der Waals surface area contributed by atoms with E-state index in [-0.39, 0.29) is 26.1 Å². The summed E-state index contributed by atoms with van der Waals surface area (Å²) in [7, 11) is 0. The Balaban J connectivity index is 3.11. The number of aliphatic carboxylic acids is 1. The molecule has 15 nitrogen and oxygen atoms in total. The van der Waals surface area contributed by atoms with Crippen LogP contribution in [-0.4, -0.2) is 162 Å². The molecule has 0 spiro atoms. The van der Waals surface area contributed by atoms with E-state index in [0.29, 0.717) is 119 Å². The van der Waals surface area contributed by atoms with Crippen LogP contribution in [0.15, 0.2) is 0 Å². The molecule has 0 aromatic heterocycles. The summed E-state index contributed by atoms with van der Waals surface area (Å²) < 4.78 is 59.7. The number of unbranched alkanes of at least 4 members (excludes halogenated alkanes) is 15. The van der Waals surface area contributed by atoms with Crippen LogP contribution in [0.1, 0.15) is 122 Å². The largest absolute Gasteiger partial charge is 0.476 e. The number of esters is 1. The van der Waals surface area contributed by atoms with Crippen molar-refractivity contribution >= 4 is 17.7 Å². The normalized spacial score (nSPS) is 11.4. The molecule has 344 valence electrons. The minimum Gasteiger partial charge on any atom is -0.476 e. The second-order valence-corrected chi connectivity index (χ2v) is 13.9. The van der Waals surface area contributed by atoms with Gasteiger partial charge in [0.05, 0.1) is 132 Å². The van der Waals surface area contributed by atoms with Crippen LogP contribution in [-0.2, 0) is 66.5 Å². The average molecular weight is 839 g/mol. The number of carbonyl (C=O) groups is 3. The molecule has 0 aliphatic carbocycles. The molecule has 0 aliphatic heterocycles. The minimum atomic E-state index is -1.56. The quantitative estimate of drug-likeness (QED) is 0.0405. The first-order valence-corrected chi connectivity index (χ1v) is 22.3. The molecular weight excluding hydrogens is 756 g/mol. The fourth-order valence-electron chi connectivity index (χ4n) is 5.44. The van der Waals surface area contributed by atoms with Crippen molar-refractivity contribution in [2.24, 2.45) is 0 Å². The summed E-state index contributed by atoms with van der Waals surface area (Å²) in [5.41, 5.74) is 0. The fraction of sp³-hybridized carbons (Fsp3) is 0.930. The summed E-state index contributed by atoms with van der Waals surface area (Å²) in [5, 5.41) is 8.46. The smallest absolute Gasteiger partial charge is 0.372 e. The summed E-state index contributed by atoms with van der Waals surface area (Å²) in [4.78, 5) is 32.7. The number of ketones is 1. The van der Waals surface area contributed by atoms with Gasteiger partial charge in [0.1, 0.15) is 6.61 Å². The number of hydrogen-bond acceptors (Lipinski definition) is 14. The van der Waals surface area contributed by atoms with E-state index in [4.69, 9.17) is 57.2 Å². The molecule has 0 aromatic carbocycles. The van der Waals surface area contributed by atoms with Crippen molar-refractivity contribution in [3.8, 4) is 0 Å². The zero-order valence-electron chi connectivity index (χ0n) is 36.2. The van der Waals surface area contributed by atoms with Gasteiger partial charge in [-0.3, -0.25) is 9.59 Å². The standard InChI is InChI=1S/C43H82O15/c1-2-3-4-5-6-7-8-9-10-11-12-13-14-15-16-17-20-48-21-22-49-23-24-50-25-26-51-27-28-52-29-30-53-31-32-54-33-34-55-35-36-56-37-38-57-39-40-58-42(45)19-18-41(44)43(46)47/h2-40H2,1H3,(H,46,47). The molecule has 0 saturated heterocycles. The number of carboxylic acids is 1. The maximum atomic E-state index is 11.4. The maximum Gasteiger partial charge on any atom is 0.372 e. The van der Waals surface area contributed by atoms with E-state index >= 15 is 0 Å². The Morgan fingerprint density at radius 2 is 0.552 bits per heavy atom. The molecule has 0 saturated carbocycles. The minimum absolute atomic E-state index is 0.0166. The number of rotatable bonds is 51. The third-order valence-corrected chi connectivity index (χ3v) is 8.78. The van der Waals surface area contributed by atoms with Gasteiger partial charge in [0.2, 0.25) is 5.78 Å². The van der Waals surface area contributed by atoms with Crippen LogP contribution < -0.4 is 0 Å². The molecule has 0 bridgehead atoms. The lowest BCUT2D eigenvalue weighted by Crippen LogP contribution is -2.17. The van der Waals surface area contributed by atoms with Crippen LogP contribution in [0, 0.1) is 0 Å². The molecule has 0 rings (SSSR count). The summed E-state index contributed by atoms with van der Waals surface area (Å²) in [6.45, 7) is 12.0. The van der Waals surface area contributed by atoms with Crippen molar-refractivity contribution in [2.75, 3.05) is 139 Å². The Morgan fingerprint density at radius 1 is 0.310 bits per heavy atom. The van der Waals surface area contributed by atoms with E-state index in [1.807, 2.05) is 0 Å². The Kier molecular flexibility index (Phi) is 48.0. The highest BCUT2D eigenvalue weighted by molar-refractivity contribution is 6.32. The van der Waals surface area contributed by atoms with Gasteiger partial charge in [0.15, 0.2) is 0 Å². The van der Waals surface area contributed by atoms with Gasteiger partial charge in [-0.25, -0.2) is 4.79 Å².